The predicted octanol–water partition coefficient (Wildman–Crippen LogP) is 2.16. The van der Waals surface area contributed by atoms with Gasteiger partial charge in [0.2, 0.25) is 0 Å². The number of hydrogen-bond acceptors (Lipinski definition) is 3. The fourth-order valence-corrected chi connectivity index (χ4v) is 2.97. The second-order valence-corrected chi connectivity index (χ2v) is 6.18. The van der Waals surface area contributed by atoms with Crippen molar-refractivity contribution in [1.29, 1.82) is 0 Å². The van der Waals surface area contributed by atoms with E-state index in [0.29, 0.717) is 22.2 Å². The Morgan fingerprint density at radius 2 is 1.80 bits per heavy atom. The van der Waals surface area contributed by atoms with E-state index in [1.54, 1.807) is 0 Å². The summed E-state index contributed by atoms with van der Waals surface area (Å²) in [6, 6.07) is 0. The van der Waals surface area contributed by atoms with Crippen molar-refractivity contribution < 1.29 is 14.2 Å². The van der Waals surface area contributed by atoms with E-state index in [1.807, 2.05) is 0 Å². The van der Waals surface area contributed by atoms with Crippen LogP contribution >= 0.6 is 22.6 Å². The van der Waals surface area contributed by atoms with Gasteiger partial charge in [-0.05, 0) is 26.7 Å². The van der Waals surface area contributed by atoms with Crippen LogP contribution < -0.4 is 0 Å². The van der Waals surface area contributed by atoms with Crippen molar-refractivity contribution >= 4 is 22.6 Å². The molecule has 4 unspecified atom stereocenters. The van der Waals surface area contributed by atoms with E-state index in [9.17, 15) is 0 Å². The molecule has 2 fully saturated rings. The molecule has 0 radical (unpaired) electrons. The lowest BCUT2D eigenvalue weighted by Crippen LogP contribution is -2.38. The smallest absolute Gasteiger partial charge is 0.0951 e. The molecule has 88 valence electrons. The van der Waals surface area contributed by atoms with Crippen LogP contribution in [-0.4, -0.2) is 41.6 Å². The summed E-state index contributed by atoms with van der Waals surface area (Å²) in [5, 5.41) is 0. The largest absolute Gasteiger partial charge is 0.378 e. The summed E-state index contributed by atoms with van der Waals surface area (Å²) < 4.78 is 17.7. The maximum atomic E-state index is 6.09. The number of alkyl halides is 1. The first kappa shape index (κ1) is 12.1. The Kier molecular flexibility index (Phi) is 4.26. The van der Waals surface area contributed by atoms with Crippen molar-refractivity contribution in [2.45, 2.75) is 55.0 Å². The van der Waals surface area contributed by atoms with Gasteiger partial charge in [-0.15, -0.1) is 0 Å². The van der Waals surface area contributed by atoms with Crippen LogP contribution in [0.2, 0.25) is 0 Å². The quantitative estimate of drug-likeness (QED) is 0.575. The number of halogens is 1. The van der Waals surface area contributed by atoms with Gasteiger partial charge in [-0.3, -0.25) is 0 Å². The van der Waals surface area contributed by atoms with Crippen molar-refractivity contribution in [3.63, 3.8) is 0 Å². The van der Waals surface area contributed by atoms with E-state index >= 15 is 0 Å². The summed E-state index contributed by atoms with van der Waals surface area (Å²) in [7, 11) is 0. The van der Waals surface area contributed by atoms with Crippen LogP contribution in [0, 0.1) is 0 Å². The van der Waals surface area contributed by atoms with Crippen molar-refractivity contribution in [2.75, 3.05) is 13.2 Å². The molecule has 3 nitrogen and oxygen atoms in total. The van der Waals surface area contributed by atoms with Crippen LogP contribution in [-0.2, 0) is 14.2 Å². The molecule has 2 aliphatic rings. The summed E-state index contributed by atoms with van der Waals surface area (Å²) in [6.45, 7) is 5.84. The van der Waals surface area contributed by atoms with Crippen molar-refractivity contribution in [2.24, 2.45) is 0 Å². The topological polar surface area (TPSA) is 27.7 Å². The van der Waals surface area contributed by atoms with Crippen LogP contribution in [0.5, 0.6) is 0 Å². The van der Waals surface area contributed by atoms with Crippen molar-refractivity contribution in [1.82, 2.24) is 0 Å². The first-order valence-electron chi connectivity index (χ1n) is 5.68. The molecular weight excluding hydrogens is 307 g/mol. The minimum Gasteiger partial charge on any atom is -0.378 e. The highest BCUT2D eigenvalue weighted by Gasteiger charge is 2.32. The summed E-state index contributed by atoms with van der Waals surface area (Å²) in [5.41, 5.74) is 0. The third-order valence-corrected chi connectivity index (χ3v) is 4.15. The highest BCUT2D eigenvalue weighted by molar-refractivity contribution is 14.1. The fraction of sp³-hybridized carbons (Fsp3) is 1.00. The van der Waals surface area contributed by atoms with Gasteiger partial charge in [0.05, 0.1) is 41.6 Å². The lowest BCUT2D eigenvalue weighted by molar-refractivity contribution is -0.119. The summed E-state index contributed by atoms with van der Waals surface area (Å²) in [6.07, 6.45) is 3.33. The molecule has 4 atom stereocenters. The Hall–Kier alpha value is 0.610. The van der Waals surface area contributed by atoms with E-state index in [4.69, 9.17) is 14.2 Å². The van der Waals surface area contributed by atoms with Gasteiger partial charge in [-0.25, -0.2) is 0 Å². The van der Waals surface area contributed by atoms with Gasteiger partial charge in [-0.1, -0.05) is 22.6 Å². The Balaban J connectivity index is 1.83. The molecule has 0 bridgehead atoms. The third kappa shape index (κ3) is 3.28. The molecule has 2 aliphatic heterocycles. The van der Waals surface area contributed by atoms with Gasteiger partial charge in [0.1, 0.15) is 0 Å². The molecule has 15 heavy (non-hydrogen) atoms. The van der Waals surface area contributed by atoms with E-state index in [1.165, 1.54) is 0 Å². The molecule has 0 N–H and O–H groups in total. The van der Waals surface area contributed by atoms with Gasteiger partial charge in [0.15, 0.2) is 0 Å². The van der Waals surface area contributed by atoms with E-state index in [-0.39, 0.29) is 6.10 Å². The SMILES string of the molecule is CC1CC(OC2COCC2I)CC(C)O1. The average molecular weight is 326 g/mol. The number of ether oxygens (including phenoxy) is 3. The molecule has 0 aromatic heterocycles. The molecule has 0 aliphatic carbocycles. The molecule has 2 saturated heterocycles. The average Bonchev–Trinajstić information content (AvgIpc) is 2.50. The normalized spacial score (nSPS) is 47.0. The lowest BCUT2D eigenvalue weighted by Gasteiger charge is -2.33. The second-order valence-electron chi connectivity index (χ2n) is 4.58. The van der Waals surface area contributed by atoms with E-state index in [0.717, 1.165) is 26.1 Å². The predicted molar refractivity (Wildman–Crippen MR) is 66.5 cm³/mol. The first-order valence-corrected chi connectivity index (χ1v) is 6.92. The Morgan fingerprint density at radius 1 is 1.13 bits per heavy atom. The Morgan fingerprint density at radius 3 is 2.33 bits per heavy atom. The van der Waals surface area contributed by atoms with E-state index in [2.05, 4.69) is 36.4 Å². The molecular formula is C11H19IO3. The molecule has 0 spiro atoms. The molecule has 0 saturated carbocycles. The summed E-state index contributed by atoms with van der Waals surface area (Å²) in [4.78, 5) is 0. The van der Waals surface area contributed by atoms with Gasteiger partial charge < -0.3 is 14.2 Å². The van der Waals surface area contributed by atoms with Gasteiger partial charge in [0, 0.05) is 0 Å². The van der Waals surface area contributed by atoms with Crippen LogP contribution in [0.25, 0.3) is 0 Å². The highest BCUT2D eigenvalue weighted by atomic mass is 127. The first-order chi connectivity index (χ1) is 7.15. The molecule has 0 amide bonds. The molecule has 4 heteroatoms. The maximum Gasteiger partial charge on any atom is 0.0951 e. The highest BCUT2D eigenvalue weighted by Crippen LogP contribution is 2.26. The number of rotatable bonds is 2. The second kappa shape index (κ2) is 5.29. The maximum absolute atomic E-state index is 6.09. The standard InChI is InChI=1S/C11H19IO3/c1-7-3-9(4-8(2)14-7)15-11-6-13-5-10(11)12/h7-11H,3-6H2,1-2H3. The molecule has 0 aromatic carbocycles. The summed E-state index contributed by atoms with van der Waals surface area (Å²) in [5.74, 6) is 0. The minimum atomic E-state index is 0.285. The Bertz CT molecular complexity index is 202. The fourth-order valence-electron chi connectivity index (χ4n) is 2.34. The van der Waals surface area contributed by atoms with Gasteiger partial charge in [0.25, 0.3) is 0 Å². The van der Waals surface area contributed by atoms with Gasteiger partial charge >= 0.3 is 0 Å². The van der Waals surface area contributed by atoms with Crippen LogP contribution in [0.15, 0.2) is 0 Å². The molecule has 2 heterocycles. The summed E-state index contributed by atoms with van der Waals surface area (Å²) >= 11 is 2.42. The zero-order valence-corrected chi connectivity index (χ0v) is 11.5. The molecule has 2 rings (SSSR count). The van der Waals surface area contributed by atoms with Crippen LogP contribution in [0.3, 0.4) is 0 Å². The van der Waals surface area contributed by atoms with Crippen molar-refractivity contribution in [3.8, 4) is 0 Å². The van der Waals surface area contributed by atoms with Crippen LogP contribution in [0.1, 0.15) is 26.7 Å². The monoisotopic (exact) mass is 326 g/mol. The van der Waals surface area contributed by atoms with Crippen molar-refractivity contribution in [3.05, 3.63) is 0 Å². The third-order valence-electron chi connectivity index (χ3n) is 2.98. The number of hydrogen-bond donors (Lipinski definition) is 0. The zero-order valence-electron chi connectivity index (χ0n) is 9.32. The van der Waals surface area contributed by atoms with E-state index < -0.39 is 0 Å². The van der Waals surface area contributed by atoms with Crippen LogP contribution in [0.4, 0.5) is 0 Å². The van der Waals surface area contributed by atoms with Gasteiger partial charge in [-0.2, -0.15) is 0 Å². The lowest BCUT2D eigenvalue weighted by atomic mass is 10.0. The molecule has 0 aromatic rings. The minimum absolute atomic E-state index is 0.285. The zero-order chi connectivity index (χ0) is 10.8. The Labute approximate surface area is 105 Å².